The maximum atomic E-state index is 13.5. The minimum absolute atomic E-state index is 0.0170. The number of aromatic nitrogens is 1. The number of esters is 1. The van der Waals surface area contributed by atoms with Crippen LogP contribution < -0.4 is 4.90 Å². The highest BCUT2D eigenvalue weighted by molar-refractivity contribution is 7.14. The van der Waals surface area contributed by atoms with Crippen molar-refractivity contribution in [1.29, 1.82) is 0 Å². The third kappa shape index (κ3) is 4.62. The molecule has 152 valence electrons. The van der Waals surface area contributed by atoms with E-state index in [1.807, 2.05) is 25.7 Å². The Morgan fingerprint density at radius 2 is 2.14 bits per heavy atom. The van der Waals surface area contributed by atoms with Crippen LogP contribution in [0.3, 0.4) is 0 Å². The molecule has 0 radical (unpaired) electrons. The number of carbonyl (C=O) groups is 1. The van der Waals surface area contributed by atoms with Crippen molar-refractivity contribution in [2.75, 3.05) is 25.1 Å². The number of ether oxygens (including phenoxy) is 2. The van der Waals surface area contributed by atoms with E-state index < -0.39 is 11.4 Å². The van der Waals surface area contributed by atoms with Crippen LogP contribution in [0.1, 0.15) is 27.2 Å². The van der Waals surface area contributed by atoms with Gasteiger partial charge in [0.05, 0.1) is 17.7 Å². The normalized spacial score (nSPS) is 20.2. The van der Waals surface area contributed by atoms with Gasteiger partial charge < -0.3 is 19.5 Å². The van der Waals surface area contributed by atoms with Gasteiger partial charge in [0.2, 0.25) is 0 Å². The van der Waals surface area contributed by atoms with Crippen molar-refractivity contribution < 1.29 is 23.8 Å². The molecule has 2 aromatic rings. The van der Waals surface area contributed by atoms with Gasteiger partial charge in [0.15, 0.2) is 5.13 Å². The van der Waals surface area contributed by atoms with E-state index in [1.165, 1.54) is 29.5 Å². The number of hydrogen-bond donors (Lipinski definition) is 1. The largest absolute Gasteiger partial charge is 0.507 e. The van der Waals surface area contributed by atoms with E-state index in [1.54, 1.807) is 12.5 Å². The van der Waals surface area contributed by atoms with Crippen molar-refractivity contribution in [3.05, 3.63) is 29.4 Å². The topological polar surface area (TPSA) is 71.9 Å². The minimum Gasteiger partial charge on any atom is -0.507 e. The fourth-order valence-corrected chi connectivity index (χ4v) is 4.09. The quantitative estimate of drug-likeness (QED) is 0.775. The number of hydrogen-bond acceptors (Lipinski definition) is 7. The van der Waals surface area contributed by atoms with Crippen LogP contribution in [0.25, 0.3) is 11.3 Å². The van der Waals surface area contributed by atoms with Gasteiger partial charge >= 0.3 is 5.97 Å². The lowest BCUT2D eigenvalue weighted by Gasteiger charge is -2.37. The zero-order valence-corrected chi connectivity index (χ0v) is 17.3. The molecule has 0 bridgehead atoms. The first kappa shape index (κ1) is 20.5. The molecule has 1 aromatic carbocycles. The summed E-state index contributed by atoms with van der Waals surface area (Å²) in [5.74, 6) is -1.02. The Kier molecular flexibility index (Phi) is 5.90. The number of rotatable bonds is 4. The summed E-state index contributed by atoms with van der Waals surface area (Å²) in [6, 6.07) is 3.79. The standard InChI is InChI=1S/C20H25FN2O4S/c1-20(2,3)27-18(25)13-7-8-23(10-17(13)26-4)19-22-15(11-28-19)14-9-12(21)5-6-16(14)24/h5-6,9,11,13,17,24H,7-8,10H2,1-4H3/t13-,17+/m0/s1. The zero-order valence-electron chi connectivity index (χ0n) is 16.4. The molecule has 8 heteroatoms. The fraction of sp³-hybridized carbons (Fsp3) is 0.500. The lowest BCUT2D eigenvalue weighted by atomic mass is 9.93. The van der Waals surface area contributed by atoms with E-state index in [0.29, 0.717) is 30.8 Å². The second-order valence-electron chi connectivity index (χ2n) is 7.83. The number of benzene rings is 1. The van der Waals surface area contributed by atoms with Gasteiger partial charge in [-0.3, -0.25) is 4.79 Å². The molecule has 6 nitrogen and oxygen atoms in total. The summed E-state index contributed by atoms with van der Waals surface area (Å²) in [5, 5.41) is 12.5. The Morgan fingerprint density at radius 1 is 1.39 bits per heavy atom. The number of carbonyl (C=O) groups excluding carboxylic acids is 1. The molecule has 0 unspecified atom stereocenters. The van der Waals surface area contributed by atoms with Gasteiger partial charge in [-0.25, -0.2) is 9.37 Å². The Bertz CT molecular complexity index is 849. The maximum Gasteiger partial charge on any atom is 0.312 e. The Morgan fingerprint density at radius 3 is 2.82 bits per heavy atom. The number of nitrogens with zero attached hydrogens (tertiary/aromatic N) is 2. The number of piperidine rings is 1. The number of thiazole rings is 1. The van der Waals surface area contributed by atoms with Crippen LogP contribution in [0.5, 0.6) is 5.75 Å². The molecule has 1 aliphatic rings. The first-order chi connectivity index (χ1) is 13.2. The molecule has 2 heterocycles. The molecule has 2 atom stereocenters. The summed E-state index contributed by atoms with van der Waals surface area (Å²) in [6.07, 6.45) is 0.284. The highest BCUT2D eigenvalue weighted by Crippen LogP contribution is 2.35. The van der Waals surface area contributed by atoms with Crippen LogP contribution in [0.15, 0.2) is 23.6 Å². The van der Waals surface area contributed by atoms with Crippen molar-refractivity contribution in [1.82, 2.24) is 4.98 Å². The van der Waals surface area contributed by atoms with Crippen molar-refractivity contribution >= 4 is 22.4 Å². The lowest BCUT2D eigenvalue weighted by molar-refractivity contribution is -0.165. The first-order valence-corrected chi connectivity index (χ1v) is 10.0. The van der Waals surface area contributed by atoms with E-state index in [-0.39, 0.29) is 23.7 Å². The van der Waals surface area contributed by atoms with Crippen LogP contribution in [-0.4, -0.2) is 48.0 Å². The first-order valence-electron chi connectivity index (χ1n) is 9.13. The predicted molar refractivity (Wildman–Crippen MR) is 106 cm³/mol. The number of methoxy groups -OCH3 is 1. The summed E-state index contributed by atoms with van der Waals surface area (Å²) in [7, 11) is 1.59. The molecule has 0 spiro atoms. The summed E-state index contributed by atoms with van der Waals surface area (Å²) < 4.78 is 24.6. The number of phenolic OH excluding ortho intramolecular Hbond substituents is 1. The Balaban J connectivity index is 1.74. The third-order valence-electron chi connectivity index (χ3n) is 4.57. The van der Waals surface area contributed by atoms with Crippen LogP contribution in [-0.2, 0) is 14.3 Å². The SMILES string of the molecule is CO[C@@H]1CN(c2nc(-c3cc(F)ccc3O)cs2)CC[C@@H]1C(=O)OC(C)(C)C. The van der Waals surface area contributed by atoms with E-state index in [0.717, 1.165) is 5.13 Å². The Hall–Kier alpha value is -2.19. The zero-order chi connectivity index (χ0) is 20.5. The molecule has 0 saturated carbocycles. The van der Waals surface area contributed by atoms with Gasteiger partial charge in [0, 0.05) is 31.1 Å². The van der Waals surface area contributed by atoms with Crippen molar-refractivity contribution in [3.8, 4) is 17.0 Å². The van der Waals surface area contributed by atoms with E-state index in [9.17, 15) is 14.3 Å². The fourth-order valence-electron chi connectivity index (χ4n) is 3.22. The van der Waals surface area contributed by atoms with E-state index >= 15 is 0 Å². The summed E-state index contributed by atoms with van der Waals surface area (Å²) >= 11 is 1.41. The highest BCUT2D eigenvalue weighted by Gasteiger charge is 2.37. The van der Waals surface area contributed by atoms with Crippen molar-refractivity contribution in [2.45, 2.75) is 38.9 Å². The molecule has 0 aliphatic carbocycles. The number of phenols is 1. The van der Waals surface area contributed by atoms with Crippen LogP contribution in [0, 0.1) is 11.7 Å². The smallest absolute Gasteiger partial charge is 0.312 e. The summed E-state index contributed by atoms with van der Waals surface area (Å²) in [6.45, 7) is 6.68. The van der Waals surface area contributed by atoms with E-state index in [2.05, 4.69) is 4.98 Å². The molecule has 0 amide bonds. The van der Waals surface area contributed by atoms with Crippen molar-refractivity contribution in [2.24, 2.45) is 5.92 Å². The molecule has 1 aliphatic heterocycles. The van der Waals surface area contributed by atoms with Gasteiger partial charge in [-0.15, -0.1) is 11.3 Å². The van der Waals surface area contributed by atoms with Crippen LogP contribution in [0.2, 0.25) is 0 Å². The molecule has 1 aromatic heterocycles. The molecular weight excluding hydrogens is 383 g/mol. The van der Waals surface area contributed by atoms with Crippen molar-refractivity contribution in [3.63, 3.8) is 0 Å². The van der Waals surface area contributed by atoms with Gasteiger partial charge in [0.25, 0.3) is 0 Å². The Labute approximate surface area is 167 Å². The summed E-state index contributed by atoms with van der Waals surface area (Å²) in [4.78, 5) is 19.1. The van der Waals surface area contributed by atoms with Gasteiger partial charge in [-0.2, -0.15) is 0 Å². The molecule has 1 N–H and O–H groups in total. The average molecular weight is 408 g/mol. The minimum atomic E-state index is -0.538. The highest BCUT2D eigenvalue weighted by atomic mass is 32.1. The number of halogens is 1. The third-order valence-corrected chi connectivity index (χ3v) is 5.47. The van der Waals surface area contributed by atoms with Gasteiger partial charge in [-0.05, 0) is 45.4 Å². The lowest BCUT2D eigenvalue weighted by Crippen LogP contribution is -2.49. The number of anilines is 1. The van der Waals surface area contributed by atoms with Gasteiger partial charge in [-0.1, -0.05) is 0 Å². The molecule has 28 heavy (non-hydrogen) atoms. The van der Waals surface area contributed by atoms with Gasteiger partial charge in [0.1, 0.15) is 17.2 Å². The summed E-state index contributed by atoms with van der Waals surface area (Å²) in [5.41, 5.74) is 0.332. The molecule has 1 saturated heterocycles. The molecular formula is C20H25FN2O4S. The number of aromatic hydroxyl groups is 1. The average Bonchev–Trinajstić information content (AvgIpc) is 3.11. The predicted octanol–water partition coefficient (Wildman–Crippen LogP) is 3.84. The second-order valence-corrected chi connectivity index (χ2v) is 8.66. The monoisotopic (exact) mass is 408 g/mol. The molecule has 1 fully saturated rings. The van der Waals surface area contributed by atoms with Crippen LogP contribution in [0.4, 0.5) is 9.52 Å². The van der Waals surface area contributed by atoms with Crippen LogP contribution >= 0.6 is 11.3 Å². The van der Waals surface area contributed by atoms with E-state index in [4.69, 9.17) is 9.47 Å². The molecule has 3 rings (SSSR count). The maximum absolute atomic E-state index is 13.5. The second kappa shape index (κ2) is 8.05.